The third-order valence-corrected chi connectivity index (χ3v) is 6.76. The van der Waals surface area contributed by atoms with Gasteiger partial charge in [0.05, 0.1) is 0 Å². The lowest BCUT2D eigenvalue weighted by Gasteiger charge is -2.49. The normalized spacial score (nSPS) is 24.5. The number of amides is 2. The summed E-state index contributed by atoms with van der Waals surface area (Å²) in [5, 5.41) is 6.21. The van der Waals surface area contributed by atoms with E-state index in [-0.39, 0.29) is 12.1 Å². The summed E-state index contributed by atoms with van der Waals surface area (Å²) in [7, 11) is 0. The van der Waals surface area contributed by atoms with Gasteiger partial charge in [0, 0.05) is 35.3 Å². The highest BCUT2D eigenvalue weighted by Crippen LogP contribution is 2.35. The highest BCUT2D eigenvalue weighted by Gasteiger charge is 2.38. The molecule has 2 aromatic rings. The highest BCUT2D eigenvalue weighted by molar-refractivity contribution is 7.98. The number of rotatable bonds is 5. The summed E-state index contributed by atoms with van der Waals surface area (Å²) in [5.41, 5.74) is 2.23. The molecule has 0 aliphatic carbocycles. The molecule has 2 fully saturated rings. The summed E-state index contributed by atoms with van der Waals surface area (Å²) in [4.78, 5) is 16.4. The van der Waals surface area contributed by atoms with E-state index in [4.69, 9.17) is 0 Å². The van der Waals surface area contributed by atoms with Crippen LogP contribution in [0.1, 0.15) is 37.7 Å². The van der Waals surface area contributed by atoms with E-state index in [0.29, 0.717) is 12.1 Å². The predicted molar refractivity (Wildman–Crippen MR) is 117 cm³/mol. The van der Waals surface area contributed by atoms with Crippen LogP contribution in [-0.2, 0) is 6.54 Å². The Morgan fingerprint density at radius 1 is 1.04 bits per heavy atom. The first kappa shape index (κ1) is 19.3. The van der Waals surface area contributed by atoms with Gasteiger partial charge >= 0.3 is 6.03 Å². The Morgan fingerprint density at radius 2 is 1.71 bits per heavy atom. The van der Waals surface area contributed by atoms with Crippen molar-refractivity contribution >= 4 is 23.5 Å². The summed E-state index contributed by atoms with van der Waals surface area (Å²) < 4.78 is 0. The SMILES string of the molecule is CSc1ccc(NC(=O)NC2C[C@H]3CCC[C@@H](C2)N3Cc2ccccc2)cc1. The van der Waals surface area contributed by atoms with Crippen LogP contribution in [0.4, 0.5) is 10.5 Å². The zero-order valence-electron chi connectivity index (χ0n) is 16.4. The fraction of sp³-hybridized carbons (Fsp3) is 0.435. The lowest BCUT2D eigenvalue weighted by molar-refractivity contribution is 0.0200. The van der Waals surface area contributed by atoms with Crippen molar-refractivity contribution < 1.29 is 4.79 Å². The average molecular weight is 396 g/mol. The molecular formula is C23H29N3OS. The number of nitrogens with zero attached hydrogens (tertiary/aromatic N) is 1. The van der Waals surface area contributed by atoms with Crippen LogP contribution in [0.2, 0.25) is 0 Å². The lowest BCUT2D eigenvalue weighted by Crippen LogP contribution is -2.56. The summed E-state index contributed by atoms with van der Waals surface area (Å²) >= 11 is 1.70. The van der Waals surface area contributed by atoms with Crippen LogP contribution in [0, 0.1) is 0 Å². The molecule has 4 nitrogen and oxygen atoms in total. The Morgan fingerprint density at radius 3 is 2.36 bits per heavy atom. The second-order valence-corrected chi connectivity index (χ2v) is 8.77. The molecule has 2 bridgehead atoms. The van der Waals surface area contributed by atoms with E-state index >= 15 is 0 Å². The van der Waals surface area contributed by atoms with Crippen LogP contribution >= 0.6 is 11.8 Å². The van der Waals surface area contributed by atoms with E-state index in [1.54, 1.807) is 11.8 Å². The Bertz CT molecular complexity index is 766. The monoisotopic (exact) mass is 395 g/mol. The molecular weight excluding hydrogens is 366 g/mol. The minimum Gasteiger partial charge on any atom is -0.335 e. The van der Waals surface area contributed by atoms with E-state index in [1.807, 2.05) is 24.3 Å². The van der Waals surface area contributed by atoms with E-state index in [1.165, 1.54) is 29.7 Å². The smallest absolute Gasteiger partial charge is 0.319 e. The van der Waals surface area contributed by atoms with Crippen molar-refractivity contribution in [2.45, 2.75) is 61.7 Å². The van der Waals surface area contributed by atoms with Gasteiger partial charge in [0.25, 0.3) is 0 Å². The van der Waals surface area contributed by atoms with Crippen LogP contribution in [0.15, 0.2) is 59.5 Å². The molecule has 0 radical (unpaired) electrons. The fourth-order valence-electron chi connectivity index (χ4n) is 4.68. The van der Waals surface area contributed by atoms with Gasteiger partial charge in [-0.15, -0.1) is 11.8 Å². The Labute approximate surface area is 172 Å². The number of hydrogen-bond donors (Lipinski definition) is 2. The minimum atomic E-state index is -0.0866. The Balaban J connectivity index is 1.33. The van der Waals surface area contributed by atoms with Crippen LogP contribution in [0.3, 0.4) is 0 Å². The van der Waals surface area contributed by atoms with Gasteiger partial charge < -0.3 is 10.6 Å². The van der Waals surface area contributed by atoms with Crippen molar-refractivity contribution in [1.29, 1.82) is 0 Å². The zero-order chi connectivity index (χ0) is 19.3. The van der Waals surface area contributed by atoms with Gasteiger partial charge in [-0.1, -0.05) is 36.8 Å². The maximum atomic E-state index is 12.5. The van der Waals surface area contributed by atoms with Crippen LogP contribution < -0.4 is 10.6 Å². The largest absolute Gasteiger partial charge is 0.335 e. The maximum absolute atomic E-state index is 12.5. The molecule has 5 heteroatoms. The number of nitrogens with one attached hydrogen (secondary N) is 2. The topological polar surface area (TPSA) is 44.4 Å². The molecule has 2 aromatic carbocycles. The first-order valence-electron chi connectivity index (χ1n) is 10.2. The van der Waals surface area contributed by atoms with Gasteiger partial charge in [-0.25, -0.2) is 4.79 Å². The molecule has 3 atom stereocenters. The molecule has 4 rings (SSSR count). The van der Waals surface area contributed by atoms with E-state index in [2.05, 4.69) is 52.1 Å². The second kappa shape index (κ2) is 9.01. The first-order chi connectivity index (χ1) is 13.7. The van der Waals surface area contributed by atoms with Gasteiger partial charge in [0.2, 0.25) is 0 Å². The number of benzene rings is 2. The van der Waals surface area contributed by atoms with Gasteiger partial charge in [-0.05, 0) is 61.8 Å². The molecule has 2 aliphatic rings. The van der Waals surface area contributed by atoms with Gasteiger partial charge in [0.1, 0.15) is 0 Å². The number of thioether (sulfide) groups is 1. The quantitative estimate of drug-likeness (QED) is 0.691. The first-order valence-corrected chi connectivity index (χ1v) is 11.4. The third kappa shape index (κ3) is 4.70. The summed E-state index contributed by atoms with van der Waals surface area (Å²) in [5.74, 6) is 0. The number of piperidine rings is 2. The summed E-state index contributed by atoms with van der Waals surface area (Å²) in [6.45, 7) is 1.02. The number of carbonyl (C=O) groups excluding carboxylic acids is 1. The number of anilines is 1. The third-order valence-electron chi connectivity index (χ3n) is 6.02. The molecule has 1 unspecified atom stereocenters. The van der Waals surface area contributed by atoms with Gasteiger partial charge in [-0.2, -0.15) is 0 Å². The van der Waals surface area contributed by atoms with Crippen molar-refractivity contribution in [3.8, 4) is 0 Å². The Kier molecular flexibility index (Phi) is 6.23. The van der Waals surface area contributed by atoms with Crippen molar-refractivity contribution in [3.63, 3.8) is 0 Å². The molecule has 2 N–H and O–H groups in total. The minimum absolute atomic E-state index is 0.0866. The van der Waals surface area contributed by atoms with Gasteiger partial charge in [0.15, 0.2) is 0 Å². The van der Waals surface area contributed by atoms with E-state index in [9.17, 15) is 4.79 Å². The number of hydrogen-bond acceptors (Lipinski definition) is 3. The number of carbonyl (C=O) groups is 1. The van der Waals surface area contributed by atoms with Crippen molar-refractivity contribution in [3.05, 3.63) is 60.2 Å². The van der Waals surface area contributed by atoms with Crippen molar-refractivity contribution in [1.82, 2.24) is 10.2 Å². The van der Waals surface area contributed by atoms with E-state index < -0.39 is 0 Å². The number of urea groups is 1. The predicted octanol–water partition coefficient (Wildman–Crippen LogP) is 5.12. The number of fused-ring (bicyclic) bond motifs is 2. The van der Waals surface area contributed by atoms with Crippen molar-refractivity contribution in [2.24, 2.45) is 0 Å². The molecule has 2 saturated heterocycles. The molecule has 2 heterocycles. The van der Waals surface area contributed by atoms with E-state index in [0.717, 1.165) is 25.1 Å². The molecule has 0 aromatic heterocycles. The Hall–Kier alpha value is -1.98. The summed E-state index contributed by atoms with van der Waals surface area (Å²) in [6.07, 6.45) is 7.92. The van der Waals surface area contributed by atoms with Crippen molar-refractivity contribution in [2.75, 3.05) is 11.6 Å². The second-order valence-electron chi connectivity index (χ2n) is 7.89. The molecule has 0 spiro atoms. The zero-order valence-corrected chi connectivity index (χ0v) is 17.3. The molecule has 148 valence electrons. The molecule has 2 amide bonds. The lowest BCUT2D eigenvalue weighted by atomic mass is 9.81. The fourth-order valence-corrected chi connectivity index (χ4v) is 5.08. The summed E-state index contributed by atoms with van der Waals surface area (Å²) in [6, 6.07) is 20.1. The van der Waals surface area contributed by atoms with Gasteiger partial charge in [-0.3, -0.25) is 4.90 Å². The molecule has 0 saturated carbocycles. The molecule has 2 aliphatic heterocycles. The van der Waals surface area contributed by atoms with Crippen LogP contribution in [-0.4, -0.2) is 35.3 Å². The standard InChI is InChI=1S/C23H29N3OS/c1-28-22-12-10-18(11-13-22)24-23(27)25-19-14-20-8-5-9-21(15-19)26(20)16-17-6-3-2-4-7-17/h2-4,6-7,10-13,19-21H,5,8-9,14-16H2,1H3,(H2,24,25,27)/t19?,20-,21+. The highest BCUT2D eigenvalue weighted by atomic mass is 32.2. The average Bonchev–Trinajstić information content (AvgIpc) is 2.70. The maximum Gasteiger partial charge on any atom is 0.319 e. The molecule has 28 heavy (non-hydrogen) atoms. The van der Waals surface area contributed by atoms with Crippen LogP contribution in [0.5, 0.6) is 0 Å². The van der Waals surface area contributed by atoms with Crippen LogP contribution in [0.25, 0.3) is 0 Å².